The number of nitrogens with zero attached hydrogens (tertiary/aromatic N) is 2. The van der Waals surface area contributed by atoms with Gasteiger partial charge in [0, 0.05) is 5.56 Å². The van der Waals surface area contributed by atoms with Crippen LogP contribution in [0.15, 0.2) is 66.2 Å². The first kappa shape index (κ1) is 26.2. The second kappa shape index (κ2) is 9.73. The number of halogens is 2. The molecule has 0 aliphatic carbocycles. The van der Waals surface area contributed by atoms with Crippen molar-refractivity contribution in [3.63, 3.8) is 0 Å². The first-order valence-corrected chi connectivity index (χ1v) is 13.4. The molecule has 1 aromatic heterocycles. The summed E-state index contributed by atoms with van der Waals surface area (Å²) in [5.41, 5.74) is 2.49. The quantitative estimate of drug-likeness (QED) is 0.157. The number of amides is 1. The molecule has 0 spiro atoms. The maximum absolute atomic E-state index is 13.5. The van der Waals surface area contributed by atoms with Gasteiger partial charge < -0.3 is 9.84 Å². The zero-order valence-corrected chi connectivity index (χ0v) is 23.4. The maximum atomic E-state index is 13.5. The zero-order chi connectivity index (χ0) is 27.4. The number of anilines is 1. The number of benzene rings is 3. The molecule has 0 saturated carbocycles. The van der Waals surface area contributed by atoms with E-state index in [1.54, 1.807) is 0 Å². The number of ketones is 1. The van der Waals surface area contributed by atoms with Crippen LogP contribution in [0.3, 0.4) is 0 Å². The van der Waals surface area contributed by atoms with E-state index in [0.29, 0.717) is 16.2 Å². The van der Waals surface area contributed by atoms with Crippen molar-refractivity contribution in [3.8, 4) is 5.75 Å². The summed E-state index contributed by atoms with van der Waals surface area (Å²) in [4.78, 5) is 33.0. The van der Waals surface area contributed by atoms with Crippen LogP contribution in [-0.2, 0) is 15.0 Å². The van der Waals surface area contributed by atoms with Crippen LogP contribution in [0.2, 0.25) is 10.0 Å². The predicted molar refractivity (Wildman–Crippen MR) is 153 cm³/mol. The van der Waals surface area contributed by atoms with Crippen molar-refractivity contribution in [3.05, 3.63) is 93.0 Å². The van der Waals surface area contributed by atoms with Gasteiger partial charge in [-0.15, -0.1) is 0 Å². The van der Waals surface area contributed by atoms with Crippen molar-refractivity contribution in [1.82, 2.24) is 4.98 Å². The summed E-state index contributed by atoms with van der Waals surface area (Å²) >= 11 is 13.9. The van der Waals surface area contributed by atoms with Gasteiger partial charge in [-0.2, -0.15) is 0 Å². The van der Waals surface area contributed by atoms with Crippen LogP contribution in [0.4, 0.5) is 5.13 Å². The Morgan fingerprint density at radius 1 is 1.03 bits per heavy atom. The average molecular weight is 567 g/mol. The number of ether oxygens (including phenoxy) is 1. The van der Waals surface area contributed by atoms with Gasteiger partial charge in [0.2, 0.25) is 0 Å². The smallest absolute Gasteiger partial charge is 0.301 e. The van der Waals surface area contributed by atoms with Crippen LogP contribution in [0.1, 0.15) is 43.5 Å². The van der Waals surface area contributed by atoms with E-state index in [0.717, 1.165) is 10.3 Å². The summed E-state index contributed by atoms with van der Waals surface area (Å²) in [6.07, 6.45) is 0. The molecular weight excluding hydrogens is 543 g/mol. The third-order valence-corrected chi connectivity index (χ3v) is 8.10. The van der Waals surface area contributed by atoms with E-state index in [-0.39, 0.29) is 38.1 Å². The standard InChI is InChI=1S/C29H24Cl2N2O4S/c1-29(2,3)17-11-9-15(10-12-17)23-22(24(34)16-13-18(30)26(37-4)19(31)14-16)25(35)27(36)33(23)28-32-20-7-5-6-8-21(20)38-28/h5-14,23,34H,1-4H3/b24-22+. The molecule has 9 heteroatoms. The molecule has 1 fully saturated rings. The number of aliphatic hydroxyl groups excluding tert-OH is 1. The van der Waals surface area contributed by atoms with Gasteiger partial charge in [-0.1, -0.05) is 91.7 Å². The number of hydrogen-bond acceptors (Lipinski definition) is 6. The molecule has 1 unspecified atom stereocenters. The maximum Gasteiger partial charge on any atom is 0.301 e. The normalized spacial score (nSPS) is 17.4. The number of thiazole rings is 1. The van der Waals surface area contributed by atoms with Crippen molar-refractivity contribution in [2.45, 2.75) is 32.2 Å². The van der Waals surface area contributed by atoms with Crippen LogP contribution < -0.4 is 9.64 Å². The summed E-state index contributed by atoms with van der Waals surface area (Å²) < 4.78 is 6.08. The van der Waals surface area contributed by atoms with E-state index in [2.05, 4.69) is 25.8 Å². The number of carbonyl (C=O) groups is 2. The fraction of sp³-hybridized carbons (Fsp3) is 0.207. The number of carbonyl (C=O) groups excluding carboxylic acids is 2. The fourth-order valence-corrected chi connectivity index (χ4v) is 6.15. The summed E-state index contributed by atoms with van der Waals surface area (Å²) in [7, 11) is 1.43. The number of Topliss-reactive ketones (excluding diaryl/α,β-unsaturated/α-hetero) is 1. The molecule has 1 atom stereocenters. The van der Waals surface area contributed by atoms with Crippen molar-refractivity contribution in [2.75, 3.05) is 12.0 Å². The van der Waals surface area contributed by atoms with Crippen LogP contribution in [0, 0.1) is 0 Å². The summed E-state index contributed by atoms with van der Waals surface area (Å²) in [6, 6.07) is 17.2. The summed E-state index contributed by atoms with van der Waals surface area (Å²) in [5, 5.41) is 12.1. The highest BCUT2D eigenvalue weighted by molar-refractivity contribution is 7.22. The Hall–Kier alpha value is -3.39. The van der Waals surface area contributed by atoms with E-state index >= 15 is 0 Å². The molecule has 1 aliphatic heterocycles. The number of methoxy groups -OCH3 is 1. The molecule has 1 N–H and O–H groups in total. The molecule has 0 bridgehead atoms. The molecule has 1 amide bonds. The second-order valence-electron chi connectivity index (χ2n) is 9.98. The van der Waals surface area contributed by atoms with E-state index in [4.69, 9.17) is 27.9 Å². The first-order valence-electron chi connectivity index (χ1n) is 11.8. The van der Waals surface area contributed by atoms with E-state index in [1.807, 2.05) is 48.5 Å². The van der Waals surface area contributed by atoms with Crippen LogP contribution in [-0.4, -0.2) is 28.9 Å². The highest BCUT2D eigenvalue weighted by atomic mass is 35.5. The Morgan fingerprint density at radius 2 is 1.66 bits per heavy atom. The van der Waals surface area contributed by atoms with Crippen LogP contribution in [0.5, 0.6) is 5.75 Å². The van der Waals surface area contributed by atoms with Crippen molar-refractivity contribution < 1.29 is 19.4 Å². The third-order valence-electron chi connectivity index (χ3n) is 6.50. The number of hydrogen-bond donors (Lipinski definition) is 1. The minimum absolute atomic E-state index is 0.0740. The number of aliphatic hydroxyl groups is 1. The highest BCUT2D eigenvalue weighted by Crippen LogP contribution is 2.45. The first-order chi connectivity index (χ1) is 18.0. The average Bonchev–Trinajstić information content (AvgIpc) is 3.41. The monoisotopic (exact) mass is 566 g/mol. The molecule has 38 heavy (non-hydrogen) atoms. The van der Waals surface area contributed by atoms with Gasteiger partial charge in [0.1, 0.15) is 5.76 Å². The lowest BCUT2D eigenvalue weighted by atomic mass is 9.85. The van der Waals surface area contributed by atoms with Gasteiger partial charge in [-0.3, -0.25) is 14.5 Å². The Bertz CT molecular complexity index is 1560. The lowest BCUT2D eigenvalue weighted by Gasteiger charge is -2.25. The van der Waals surface area contributed by atoms with Crippen molar-refractivity contribution in [2.24, 2.45) is 0 Å². The van der Waals surface area contributed by atoms with Crippen molar-refractivity contribution >= 4 is 67.3 Å². The molecule has 1 saturated heterocycles. The molecule has 194 valence electrons. The molecule has 0 radical (unpaired) electrons. The number of rotatable bonds is 4. The number of aromatic nitrogens is 1. The Morgan fingerprint density at radius 3 is 2.24 bits per heavy atom. The van der Waals surface area contributed by atoms with Gasteiger partial charge >= 0.3 is 5.91 Å². The minimum atomic E-state index is -0.913. The van der Waals surface area contributed by atoms with Gasteiger partial charge in [0.25, 0.3) is 5.78 Å². The van der Waals surface area contributed by atoms with Gasteiger partial charge in [0.15, 0.2) is 10.9 Å². The molecule has 1 aliphatic rings. The molecular formula is C29H24Cl2N2O4S. The molecule has 6 nitrogen and oxygen atoms in total. The summed E-state index contributed by atoms with van der Waals surface area (Å²) in [5.74, 6) is -1.74. The van der Waals surface area contributed by atoms with Crippen LogP contribution >= 0.6 is 34.5 Å². The van der Waals surface area contributed by atoms with E-state index in [1.165, 1.54) is 35.5 Å². The van der Waals surface area contributed by atoms with Crippen molar-refractivity contribution in [1.29, 1.82) is 0 Å². The minimum Gasteiger partial charge on any atom is -0.507 e. The zero-order valence-electron chi connectivity index (χ0n) is 21.1. The van der Waals surface area contributed by atoms with Gasteiger partial charge in [0.05, 0.1) is 39.0 Å². The number of fused-ring (bicyclic) bond motifs is 1. The molecule has 3 aromatic carbocycles. The topological polar surface area (TPSA) is 79.7 Å². The fourth-order valence-electron chi connectivity index (χ4n) is 4.52. The largest absolute Gasteiger partial charge is 0.507 e. The Balaban J connectivity index is 1.73. The lowest BCUT2D eigenvalue weighted by Crippen LogP contribution is -2.29. The van der Waals surface area contributed by atoms with Gasteiger partial charge in [-0.25, -0.2) is 4.98 Å². The highest BCUT2D eigenvalue weighted by Gasteiger charge is 2.48. The third kappa shape index (κ3) is 4.45. The molecule has 5 rings (SSSR count). The van der Waals surface area contributed by atoms with Gasteiger partial charge in [-0.05, 0) is 40.8 Å². The Kier molecular flexibility index (Phi) is 6.71. The SMILES string of the molecule is COc1c(Cl)cc(/C(O)=C2\C(=O)C(=O)N(c3nc4ccccc4s3)C2c2ccc(C(C)(C)C)cc2)cc1Cl. The second-order valence-corrected chi connectivity index (χ2v) is 11.8. The molecule has 2 heterocycles. The van der Waals surface area contributed by atoms with Crippen LogP contribution in [0.25, 0.3) is 16.0 Å². The summed E-state index contributed by atoms with van der Waals surface area (Å²) in [6.45, 7) is 6.31. The Labute approximate surface area is 234 Å². The van der Waals surface area contributed by atoms with E-state index < -0.39 is 17.7 Å². The number of para-hydroxylation sites is 1. The van der Waals surface area contributed by atoms with E-state index in [9.17, 15) is 14.7 Å². The predicted octanol–water partition coefficient (Wildman–Crippen LogP) is 7.54. The lowest BCUT2D eigenvalue weighted by molar-refractivity contribution is -0.132. The molecule has 4 aromatic rings.